The molecule has 1 aromatic carbocycles. The third-order valence-electron chi connectivity index (χ3n) is 4.27. The third kappa shape index (κ3) is 4.66. The van der Waals surface area contributed by atoms with E-state index in [1.54, 1.807) is 12.3 Å². The van der Waals surface area contributed by atoms with Crippen molar-refractivity contribution in [3.05, 3.63) is 34.8 Å². The van der Waals surface area contributed by atoms with Gasteiger partial charge >= 0.3 is 0 Å². The summed E-state index contributed by atoms with van der Waals surface area (Å²) < 4.78 is 26.1. The van der Waals surface area contributed by atoms with Gasteiger partial charge in [0.1, 0.15) is 0 Å². The summed E-state index contributed by atoms with van der Waals surface area (Å²) in [6, 6.07) is 4.76. The van der Waals surface area contributed by atoms with E-state index in [2.05, 4.69) is 10.3 Å². The monoisotopic (exact) mass is 410 g/mol. The van der Waals surface area contributed by atoms with Gasteiger partial charge in [0.05, 0.1) is 10.5 Å². The maximum atomic E-state index is 12.9. The zero-order chi connectivity index (χ0) is 20.4. The molecule has 2 rings (SSSR count). The van der Waals surface area contributed by atoms with E-state index in [1.807, 2.05) is 32.7 Å². The van der Waals surface area contributed by atoms with Crippen molar-refractivity contribution in [1.29, 1.82) is 0 Å². The van der Waals surface area contributed by atoms with Crippen molar-refractivity contribution >= 4 is 38.1 Å². The van der Waals surface area contributed by atoms with Gasteiger partial charge in [-0.1, -0.05) is 6.92 Å². The van der Waals surface area contributed by atoms with Crippen molar-refractivity contribution in [3.8, 4) is 0 Å². The number of sulfonamides is 1. The number of aryl methyl sites for hydroxylation is 1. The van der Waals surface area contributed by atoms with Crippen molar-refractivity contribution < 1.29 is 13.2 Å². The molecule has 7 nitrogen and oxygen atoms in total. The van der Waals surface area contributed by atoms with Crippen LogP contribution in [0.15, 0.2) is 29.3 Å². The second-order valence-corrected chi connectivity index (χ2v) is 9.88. The second kappa shape index (κ2) is 8.37. The van der Waals surface area contributed by atoms with Gasteiger partial charge in [0.25, 0.3) is 5.91 Å². The van der Waals surface area contributed by atoms with Crippen molar-refractivity contribution in [2.75, 3.05) is 31.4 Å². The molecule has 0 radical (unpaired) electrons. The highest BCUT2D eigenvalue weighted by molar-refractivity contribution is 7.89. The zero-order valence-electron chi connectivity index (χ0n) is 16.5. The minimum atomic E-state index is -3.65. The van der Waals surface area contributed by atoms with Crippen molar-refractivity contribution in [3.63, 3.8) is 0 Å². The number of amides is 1. The number of nitrogens with one attached hydrogen (secondary N) is 1. The number of rotatable bonds is 7. The van der Waals surface area contributed by atoms with Gasteiger partial charge in [0.15, 0.2) is 5.13 Å². The first-order valence-electron chi connectivity index (χ1n) is 8.63. The van der Waals surface area contributed by atoms with Crippen molar-refractivity contribution in [1.82, 2.24) is 9.29 Å². The average molecular weight is 411 g/mol. The Hall–Kier alpha value is -1.97. The van der Waals surface area contributed by atoms with E-state index >= 15 is 0 Å². The fourth-order valence-electron chi connectivity index (χ4n) is 2.35. The molecule has 2 aromatic rings. The molecule has 27 heavy (non-hydrogen) atoms. The van der Waals surface area contributed by atoms with Crippen LogP contribution in [0.4, 0.5) is 10.8 Å². The molecule has 0 fully saturated rings. The number of aromatic nitrogens is 1. The Labute approximate surface area is 165 Å². The molecule has 0 spiro atoms. The van der Waals surface area contributed by atoms with Gasteiger partial charge in [-0.05, 0) is 38.5 Å². The summed E-state index contributed by atoms with van der Waals surface area (Å²) >= 11 is 1.41. The quantitative estimate of drug-likeness (QED) is 0.759. The van der Waals surface area contributed by atoms with E-state index in [4.69, 9.17) is 0 Å². The molecule has 0 aliphatic heterocycles. The Bertz CT molecular complexity index is 920. The first-order chi connectivity index (χ1) is 12.6. The van der Waals surface area contributed by atoms with Gasteiger partial charge < -0.3 is 4.90 Å². The van der Waals surface area contributed by atoms with E-state index in [-0.39, 0.29) is 16.8 Å². The molecule has 0 saturated carbocycles. The van der Waals surface area contributed by atoms with Gasteiger partial charge in [-0.25, -0.2) is 17.7 Å². The molecule has 1 heterocycles. The van der Waals surface area contributed by atoms with Crippen LogP contribution in [-0.2, 0) is 16.4 Å². The smallest absolute Gasteiger partial charge is 0.259 e. The highest BCUT2D eigenvalue weighted by atomic mass is 32.2. The summed E-state index contributed by atoms with van der Waals surface area (Å²) in [6.45, 7) is 6.02. The number of anilines is 2. The molecule has 1 N–H and O–H groups in total. The van der Waals surface area contributed by atoms with Crippen LogP contribution in [0.1, 0.15) is 36.0 Å². The van der Waals surface area contributed by atoms with Crippen LogP contribution < -0.4 is 10.2 Å². The number of benzene rings is 1. The maximum absolute atomic E-state index is 12.9. The number of hydrogen-bond acceptors (Lipinski definition) is 6. The summed E-state index contributed by atoms with van der Waals surface area (Å²) in [5.74, 6) is -0.384. The second-order valence-electron chi connectivity index (χ2n) is 6.61. The first kappa shape index (κ1) is 21.3. The Morgan fingerprint density at radius 2 is 1.93 bits per heavy atom. The van der Waals surface area contributed by atoms with Gasteiger partial charge in [0.2, 0.25) is 10.0 Å². The summed E-state index contributed by atoms with van der Waals surface area (Å²) in [5, 5.41) is 3.28. The lowest BCUT2D eigenvalue weighted by atomic mass is 10.1. The van der Waals surface area contributed by atoms with Crippen molar-refractivity contribution in [2.45, 2.75) is 38.1 Å². The SMILES string of the molecule is CCc1cnc(NC(=O)c2cc(S(=O)(=O)N(C)C)ccc2N(C)C(C)C)s1. The lowest BCUT2D eigenvalue weighted by Gasteiger charge is -2.26. The highest BCUT2D eigenvalue weighted by Crippen LogP contribution is 2.27. The number of carbonyl (C=O) groups excluding carboxylic acids is 1. The molecule has 9 heteroatoms. The van der Waals surface area contributed by atoms with Crippen molar-refractivity contribution in [2.24, 2.45) is 0 Å². The van der Waals surface area contributed by atoms with Gasteiger partial charge in [-0.3, -0.25) is 10.1 Å². The lowest BCUT2D eigenvalue weighted by Crippen LogP contribution is -2.29. The molecular formula is C18H26N4O3S2. The summed E-state index contributed by atoms with van der Waals surface area (Å²) in [7, 11) is 1.15. The zero-order valence-corrected chi connectivity index (χ0v) is 18.1. The fraction of sp³-hybridized carbons (Fsp3) is 0.444. The van der Waals surface area contributed by atoms with Crippen LogP contribution in [0.5, 0.6) is 0 Å². The number of nitrogens with zero attached hydrogens (tertiary/aromatic N) is 3. The van der Waals surface area contributed by atoms with Crippen LogP contribution in [-0.4, -0.2) is 50.8 Å². The molecule has 0 bridgehead atoms. The summed E-state index contributed by atoms with van der Waals surface area (Å²) in [6.07, 6.45) is 2.57. The van der Waals surface area contributed by atoms with Crippen LogP contribution in [0.3, 0.4) is 0 Å². The topological polar surface area (TPSA) is 82.6 Å². The Kier molecular flexibility index (Phi) is 6.61. The predicted molar refractivity (Wildman–Crippen MR) is 110 cm³/mol. The Balaban J connectivity index is 2.50. The van der Waals surface area contributed by atoms with Gasteiger partial charge in [-0.2, -0.15) is 0 Å². The molecule has 0 aliphatic carbocycles. The van der Waals surface area contributed by atoms with Crippen LogP contribution in [0, 0.1) is 0 Å². The first-order valence-corrected chi connectivity index (χ1v) is 10.9. The molecular weight excluding hydrogens is 384 g/mol. The summed E-state index contributed by atoms with van der Waals surface area (Å²) in [4.78, 5) is 20.2. The number of carbonyl (C=O) groups is 1. The molecule has 1 aromatic heterocycles. The number of thiazole rings is 1. The van der Waals surface area contributed by atoms with E-state index < -0.39 is 10.0 Å². The highest BCUT2D eigenvalue weighted by Gasteiger charge is 2.23. The van der Waals surface area contributed by atoms with Crippen LogP contribution >= 0.6 is 11.3 Å². The minimum Gasteiger partial charge on any atom is -0.372 e. The van der Waals surface area contributed by atoms with Crippen LogP contribution in [0.2, 0.25) is 0 Å². The van der Waals surface area contributed by atoms with E-state index in [0.29, 0.717) is 16.4 Å². The molecule has 0 aliphatic rings. The standard InChI is InChI=1S/C18H26N4O3S2/c1-7-13-11-19-18(26-13)20-17(23)15-10-14(27(24,25)21(4)5)8-9-16(15)22(6)12(2)3/h8-12H,7H2,1-6H3,(H,19,20,23). The van der Waals surface area contributed by atoms with Gasteiger partial charge in [0, 0.05) is 43.9 Å². The molecule has 0 atom stereocenters. The third-order valence-corrected chi connectivity index (χ3v) is 7.14. The Morgan fingerprint density at radius 1 is 1.26 bits per heavy atom. The largest absolute Gasteiger partial charge is 0.372 e. The molecule has 0 saturated heterocycles. The maximum Gasteiger partial charge on any atom is 0.259 e. The van der Waals surface area contributed by atoms with E-state index in [9.17, 15) is 13.2 Å². The predicted octanol–water partition coefficient (Wildman–Crippen LogP) is 3.05. The average Bonchev–Trinajstić information content (AvgIpc) is 3.07. The van der Waals surface area contributed by atoms with E-state index in [0.717, 1.165) is 15.6 Å². The molecule has 0 unspecified atom stereocenters. The summed E-state index contributed by atoms with van der Waals surface area (Å²) in [5.41, 5.74) is 0.954. The van der Waals surface area contributed by atoms with E-state index in [1.165, 1.54) is 37.6 Å². The normalized spacial score (nSPS) is 11.9. The molecule has 148 valence electrons. The molecule has 1 amide bonds. The lowest BCUT2D eigenvalue weighted by molar-refractivity contribution is 0.102. The Morgan fingerprint density at radius 3 is 2.44 bits per heavy atom. The van der Waals surface area contributed by atoms with Gasteiger partial charge in [-0.15, -0.1) is 11.3 Å². The minimum absolute atomic E-state index is 0.0759. The fourth-order valence-corrected chi connectivity index (χ4v) is 4.02. The van der Waals surface area contributed by atoms with Crippen LogP contribution in [0.25, 0.3) is 0 Å². The number of hydrogen-bond donors (Lipinski definition) is 1.